The smallest absolute Gasteiger partial charge is 0.228 e. The molecule has 1 aromatic heterocycles. The highest BCUT2D eigenvalue weighted by Gasteiger charge is 2.22. The van der Waals surface area contributed by atoms with Crippen molar-refractivity contribution in [1.29, 1.82) is 0 Å². The molecule has 0 aromatic carbocycles. The number of hydrogen-bond acceptors (Lipinski definition) is 5. The van der Waals surface area contributed by atoms with Gasteiger partial charge in [-0.15, -0.1) is 24.8 Å². The first kappa shape index (κ1) is 19.1. The molecule has 20 heavy (non-hydrogen) atoms. The fraction of sp³-hybridized carbons (Fsp3) is 0.455. The van der Waals surface area contributed by atoms with Gasteiger partial charge in [-0.05, 0) is 25.1 Å². The van der Waals surface area contributed by atoms with Crippen LogP contribution in [-0.4, -0.2) is 38.7 Å². The van der Waals surface area contributed by atoms with Crippen molar-refractivity contribution in [2.75, 3.05) is 24.7 Å². The van der Waals surface area contributed by atoms with E-state index in [-0.39, 0.29) is 41.7 Å². The van der Waals surface area contributed by atoms with Gasteiger partial charge in [0.25, 0.3) is 0 Å². The second-order valence-corrected chi connectivity index (χ2v) is 6.30. The lowest BCUT2D eigenvalue weighted by atomic mass is 10.1. The number of rotatable bonds is 3. The SMILES string of the molecule is CS(=O)(=O)c1ccc(NC(=O)C2CCNC2)cn1.Cl.Cl. The van der Waals surface area contributed by atoms with E-state index in [1.54, 1.807) is 6.07 Å². The van der Waals surface area contributed by atoms with Gasteiger partial charge in [0.1, 0.15) is 0 Å². The van der Waals surface area contributed by atoms with Gasteiger partial charge in [-0.1, -0.05) is 0 Å². The fourth-order valence-electron chi connectivity index (χ4n) is 1.80. The number of sulfone groups is 1. The Morgan fingerprint density at radius 2 is 2.10 bits per heavy atom. The summed E-state index contributed by atoms with van der Waals surface area (Å²) in [6, 6.07) is 2.93. The quantitative estimate of drug-likeness (QED) is 0.851. The molecule has 1 saturated heterocycles. The summed E-state index contributed by atoms with van der Waals surface area (Å²) >= 11 is 0. The molecule has 0 saturated carbocycles. The molecule has 9 heteroatoms. The van der Waals surface area contributed by atoms with Gasteiger partial charge in [0.15, 0.2) is 14.9 Å². The monoisotopic (exact) mass is 341 g/mol. The maximum atomic E-state index is 11.8. The second kappa shape index (κ2) is 7.78. The van der Waals surface area contributed by atoms with Crippen LogP contribution in [0.4, 0.5) is 5.69 Å². The Morgan fingerprint density at radius 1 is 1.40 bits per heavy atom. The van der Waals surface area contributed by atoms with E-state index in [9.17, 15) is 13.2 Å². The lowest BCUT2D eigenvalue weighted by Crippen LogP contribution is -2.24. The number of anilines is 1. The van der Waals surface area contributed by atoms with E-state index in [2.05, 4.69) is 15.6 Å². The van der Waals surface area contributed by atoms with Crippen molar-refractivity contribution in [3.8, 4) is 0 Å². The molecule has 1 unspecified atom stereocenters. The maximum absolute atomic E-state index is 11.8. The minimum Gasteiger partial charge on any atom is -0.324 e. The average molecular weight is 342 g/mol. The standard InChI is InChI=1S/C11H15N3O3S.2ClH/c1-18(16,17)10-3-2-9(7-13-10)14-11(15)8-4-5-12-6-8;;/h2-3,7-8,12H,4-6H2,1H3,(H,14,15);2*1H. The average Bonchev–Trinajstić information content (AvgIpc) is 2.82. The predicted octanol–water partition coefficient (Wildman–Crippen LogP) is 0.877. The highest BCUT2D eigenvalue weighted by atomic mass is 35.5. The zero-order chi connectivity index (χ0) is 13.2. The van der Waals surface area contributed by atoms with Crippen molar-refractivity contribution < 1.29 is 13.2 Å². The summed E-state index contributed by atoms with van der Waals surface area (Å²) in [4.78, 5) is 15.6. The third-order valence-electron chi connectivity index (χ3n) is 2.81. The number of pyridine rings is 1. The fourth-order valence-corrected chi connectivity index (χ4v) is 2.36. The van der Waals surface area contributed by atoms with Gasteiger partial charge in [-0.3, -0.25) is 4.79 Å². The summed E-state index contributed by atoms with van der Waals surface area (Å²) in [6.07, 6.45) is 3.27. The molecule has 0 radical (unpaired) electrons. The van der Waals surface area contributed by atoms with Crippen LogP contribution in [0, 0.1) is 5.92 Å². The summed E-state index contributed by atoms with van der Waals surface area (Å²) in [5.41, 5.74) is 0.513. The summed E-state index contributed by atoms with van der Waals surface area (Å²) in [6.45, 7) is 1.53. The number of carbonyl (C=O) groups excluding carboxylic acids is 1. The zero-order valence-corrected chi connectivity index (χ0v) is 13.3. The Bertz CT molecular complexity index is 543. The molecule has 1 amide bonds. The van der Waals surface area contributed by atoms with Crippen molar-refractivity contribution in [3.05, 3.63) is 18.3 Å². The third-order valence-corrected chi connectivity index (χ3v) is 3.82. The van der Waals surface area contributed by atoms with Gasteiger partial charge in [0.05, 0.1) is 17.8 Å². The molecule has 1 aliphatic heterocycles. The van der Waals surface area contributed by atoms with E-state index in [0.717, 1.165) is 19.2 Å². The van der Waals surface area contributed by atoms with E-state index >= 15 is 0 Å². The minimum atomic E-state index is -3.30. The zero-order valence-electron chi connectivity index (χ0n) is 10.8. The molecule has 114 valence electrons. The van der Waals surface area contributed by atoms with Crippen molar-refractivity contribution in [2.45, 2.75) is 11.4 Å². The second-order valence-electron chi connectivity index (χ2n) is 4.34. The molecule has 0 spiro atoms. The molecule has 2 N–H and O–H groups in total. The minimum absolute atomic E-state index is 0. The Balaban J connectivity index is 0.00000180. The summed E-state index contributed by atoms with van der Waals surface area (Å²) in [5, 5.41) is 5.84. The lowest BCUT2D eigenvalue weighted by Gasteiger charge is -2.09. The largest absolute Gasteiger partial charge is 0.324 e. The summed E-state index contributed by atoms with van der Waals surface area (Å²) in [5.74, 6) is -0.0894. The van der Waals surface area contributed by atoms with Crippen LogP contribution in [0.5, 0.6) is 0 Å². The van der Waals surface area contributed by atoms with E-state index in [1.807, 2.05) is 0 Å². The normalized spacial score (nSPS) is 17.8. The Kier molecular flexibility index (Phi) is 7.43. The third kappa shape index (κ3) is 4.90. The first-order valence-electron chi connectivity index (χ1n) is 5.64. The van der Waals surface area contributed by atoms with Gasteiger partial charge in [0.2, 0.25) is 5.91 Å². The van der Waals surface area contributed by atoms with E-state index in [4.69, 9.17) is 0 Å². The number of nitrogens with zero attached hydrogens (tertiary/aromatic N) is 1. The molecule has 1 aliphatic rings. The van der Waals surface area contributed by atoms with E-state index < -0.39 is 9.84 Å². The molecule has 1 atom stereocenters. The number of halogens is 2. The van der Waals surface area contributed by atoms with E-state index in [0.29, 0.717) is 12.2 Å². The number of amides is 1. The van der Waals surface area contributed by atoms with Crippen LogP contribution < -0.4 is 10.6 Å². The van der Waals surface area contributed by atoms with Crippen LogP contribution in [0.25, 0.3) is 0 Å². The van der Waals surface area contributed by atoms with Gasteiger partial charge >= 0.3 is 0 Å². The Labute approximate surface area is 130 Å². The summed E-state index contributed by atoms with van der Waals surface area (Å²) < 4.78 is 22.4. The van der Waals surface area contributed by atoms with Crippen LogP contribution in [-0.2, 0) is 14.6 Å². The van der Waals surface area contributed by atoms with Crippen LogP contribution >= 0.6 is 24.8 Å². The molecular formula is C11H17Cl2N3O3S. The van der Waals surface area contributed by atoms with Crippen molar-refractivity contribution >= 4 is 46.2 Å². The Morgan fingerprint density at radius 3 is 2.55 bits per heavy atom. The number of nitrogens with one attached hydrogen (secondary N) is 2. The lowest BCUT2D eigenvalue weighted by molar-refractivity contribution is -0.119. The molecule has 0 bridgehead atoms. The molecular weight excluding hydrogens is 325 g/mol. The maximum Gasteiger partial charge on any atom is 0.228 e. The van der Waals surface area contributed by atoms with Crippen LogP contribution in [0.3, 0.4) is 0 Å². The molecule has 2 heterocycles. The van der Waals surface area contributed by atoms with Gasteiger partial charge in [-0.25, -0.2) is 13.4 Å². The van der Waals surface area contributed by atoms with Crippen molar-refractivity contribution in [1.82, 2.24) is 10.3 Å². The van der Waals surface area contributed by atoms with Crippen molar-refractivity contribution in [2.24, 2.45) is 5.92 Å². The Hall–Kier alpha value is -0.890. The predicted molar refractivity (Wildman–Crippen MR) is 81.4 cm³/mol. The van der Waals surface area contributed by atoms with E-state index in [1.165, 1.54) is 12.3 Å². The van der Waals surface area contributed by atoms with Crippen LogP contribution in [0.1, 0.15) is 6.42 Å². The van der Waals surface area contributed by atoms with Gasteiger partial charge in [0, 0.05) is 12.8 Å². The first-order valence-corrected chi connectivity index (χ1v) is 7.53. The molecule has 0 aliphatic carbocycles. The molecule has 6 nitrogen and oxygen atoms in total. The highest BCUT2D eigenvalue weighted by molar-refractivity contribution is 7.90. The molecule has 1 fully saturated rings. The first-order chi connectivity index (χ1) is 8.47. The van der Waals surface area contributed by atoms with Crippen LogP contribution in [0.2, 0.25) is 0 Å². The van der Waals surface area contributed by atoms with Gasteiger partial charge in [-0.2, -0.15) is 0 Å². The number of hydrogen-bond donors (Lipinski definition) is 2. The topological polar surface area (TPSA) is 88.2 Å². The number of carbonyl (C=O) groups is 1. The molecule has 2 rings (SSSR count). The van der Waals surface area contributed by atoms with Crippen LogP contribution in [0.15, 0.2) is 23.4 Å². The van der Waals surface area contributed by atoms with Gasteiger partial charge < -0.3 is 10.6 Å². The number of aromatic nitrogens is 1. The highest BCUT2D eigenvalue weighted by Crippen LogP contribution is 2.14. The van der Waals surface area contributed by atoms with Crippen molar-refractivity contribution in [3.63, 3.8) is 0 Å². The summed E-state index contributed by atoms with van der Waals surface area (Å²) in [7, 11) is -3.30. The molecule has 1 aromatic rings.